The van der Waals surface area contributed by atoms with Crippen molar-refractivity contribution in [2.75, 3.05) is 0 Å². The average molecular weight is 371 g/mol. The first-order valence-electron chi connectivity index (χ1n) is 11.6. The molecule has 1 aromatic carbocycles. The Balaban J connectivity index is 1.38. The zero-order valence-corrected chi connectivity index (χ0v) is 17.5. The molecule has 7 atom stereocenters. The van der Waals surface area contributed by atoms with Crippen molar-refractivity contribution in [3.63, 3.8) is 0 Å². The van der Waals surface area contributed by atoms with Crippen LogP contribution in [0.25, 0.3) is 0 Å². The van der Waals surface area contributed by atoms with E-state index in [1.165, 1.54) is 56.9 Å². The smallest absolute Gasteiger partial charge is 0.200 e. The molecule has 0 N–H and O–H groups in total. The molecule has 0 heterocycles. The Hall–Kier alpha value is -1.02. The molecule has 3 aliphatic rings. The summed E-state index contributed by atoms with van der Waals surface area (Å²) in [6.45, 7) is 6.78. The van der Waals surface area contributed by atoms with Crippen LogP contribution >= 0.6 is 0 Å². The van der Waals surface area contributed by atoms with Crippen molar-refractivity contribution in [1.29, 1.82) is 0 Å². The standard InChI is InChI=1S/C25H38O2/c1-4-6-10-25(26-20-13-11-18(12-14-20)17(3)5-2)27-24-16-19-15-23(24)22-9-7-8-21(19)22/h11-14,17,19,21-25H,4-10,15-16H2,1-3H3. The molecule has 3 saturated carbocycles. The van der Waals surface area contributed by atoms with Gasteiger partial charge < -0.3 is 9.47 Å². The number of rotatable bonds is 9. The molecule has 0 aromatic heterocycles. The van der Waals surface area contributed by atoms with E-state index in [2.05, 4.69) is 45.0 Å². The molecule has 7 unspecified atom stereocenters. The molecule has 0 radical (unpaired) electrons. The molecule has 0 amide bonds. The average Bonchev–Trinajstić information content (AvgIpc) is 3.39. The van der Waals surface area contributed by atoms with Crippen molar-refractivity contribution in [3.05, 3.63) is 29.8 Å². The number of hydrogen-bond acceptors (Lipinski definition) is 2. The van der Waals surface area contributed by atoms with Crippen molar-refractivity contribution in [3.8, 4) is 5.75 Å². The molecule has 3 fully saturated rings. The number of benzene rings is 1. The van der Waals surface area contributed by atoms with Crippen molar-refractivity contribution < 1.29 is 9.47 Å². The summed E-state index contributed by atoms with van der Waals surface area (Å²) in [5, 5.41) is 0. The van der Waals surface area contributed by atoms with Gasteiger partial charge in [-0.25, -0.2) is 0 Å². The molecular formula is C25H38O2. The minimum atomic E-state index is -0.0800. The van der Waals surface area contributed by atoms with Crippen LogP contribution in [0.3, 0.4) is 0 Å². The molecule has 1 aromatic rings. The summed E-state index contributed by atoms with van der Waals surface area (Å²) in [4.78, 5) is 0. The highest BCUT2D eigenvalue weighted by Gasteiger charge is 2.54. The van der Waals surface area contributed by atoms with E-state index in [4.69, 9.17) is 9.47 Å². The Morgan fingerprint density at radius 1 is 1.00 bits per heavy atom. The predicted molar refractivity (Wildman–Crippen MR) is 111 cm³/mol. The number of unbranched alkanes of at least 4 members (excludes halogenated alkanes) is 1. The summed E-state index contributed by atoms with van der Waals surface area (Å²) in [5.74, 6) is 5.30. The first kappa shape index (κ1) is 19.3. The molecule has 0 saturated heterocycles. The fourth-order valence-corrected chi connectivity index (χ4v) is 6.14. The number of hydrogen-bond donors (Lipinski definition) is 0. The number of fused-ring (bicyclic) bond motifs is 5. The maximum atomic E-state index is 6.64. The van der Waals surface area contributed by atoms with E-state index in [1.807, 2.05) is 0 Å². The van der Waals surface area contributed by atoms with Crippen LogP contribution in [0, 0.1) is 23.7 Å². The number of ether oxygens (including phenoxy) is 2. The largest absolute Gasteiger partial charge is 0.465 e. The van der Waals surface area contributed by atoms with Gasteiger partial charge >= 0.3 is 0 Å². The van der Waals surface area contributed by atoms with Crippen LogP contribution in [0.2, 0.25) is 0 Å². The monoisotopic (exact) mass is 370 g/mol. The van der Waals surface area contributed by atoms with Crippen LogP contribution in [0.5, 0.6) is 5.75 Å². The van der Waals surface area contributed by atoms with Gasteiger partial charge in [-0.3, -0.25) is 0 Å². The van der Waals surface area contributed by atoms with Crippen LogP contribution in [0.1, 0.15) is 90.0 Å². The lowest BCUT2D eigenvalue weighted by molar-refractivity contribution is -0.146. The highest BCUT2D eigenvalue weighted by molar-refractivity contribution is 5.29. The molecule has 27 heavy (non-hydrogen) atoms. The van der Waals surface area contributed by atoms with E-state index in [-0.39, 0.29) is 6.29 Å². The van der Waals surface area contributed by atoms with Crippen LogP contribution in [0.15, 0.2) is 24.3 Å². The van der Waals surface area contributed by atoms with Gasteiger partial charge in [0.1, 0.15) is 5.75 Å². The summed E-state index contributed by atoms with van der Waals surface area (Å²) in [7, 11) is 0. The lowest BCUT2D eigenvalue weighted by atomic mass is 9.80. The SMILES string of the molecule is CCCCC(Oc1ccc(C(C)CC)cc1)OC1CC2CC1C1CCCC21. The van der Waals surface area contributed by atoms with Crippen molar-refractivity contribution in [1.82, 2.24) is 0 Å². The predicted octanol–water partition coefficient (Wildman–Crippen LogP) is 6.94. The van der Waals surface area contributed by atoms with Crippen LogP contribution < -0.4 is 4.74 Å². The third-order valence-electron chi connectivity index (χ3n) is 7.82. The first-order chi connectivity index (χ1) is 13.2. The zero-order valence-electron chi connectivity index (χ0n) is 17.5. The molecule has 3 aliphatic carbocycles. The molecule has 0 spiro atoms. The lowest BCUT2D eigenvalue weighted by Gasteiger charge is -2.34. The summed E-state index contributed by atoms with van der Waals surface area (Å²) < 4.78 is 13.0. The summed E-state index contributed by atoms with van der Waals surface area (Å²) in [6.07, 6.45) is 12.0. The topological polar surface area (TPSA) is 18.5 Å². The van der Waals surface area contributed by atoms with E-state index < -0.39 is 0 Å². The molecule has 2 heteroatoms. The van der Waals surface area contributed by atoms with E-state index >= 15 is 0 Å². The van der Waals surface area contributed by atoms with E-state index in [9.17, 15) is 0 Å². The molecular weight excluding hydrogens is 332 g/mol. The summed E-state index contributed by atoms with van der Waals surface area (Å²) in [6, 6.07) is 8.72. The molecule has 0 aliphatic heterocycles. The summed E-state index contributed by atoms with van der Waals surface area (Å²) in [5.41, 5.74) is 1.40. The normalized spacial score (nSPS) is 33.8. The van der Waals surface area contributed by atoms with Gasteiger partial charge in [-0.15, -0.1) is 0 Å². The highest BCUT2D eigenvalue weighted by atomic mass is 16.7. The fraction of sp³-hybridized carbons (Fsp3) is 0.760. The second kappa shape index (κ2) is 8.55. The Labute approximate surface area is 166 Å². The maximum Gasteiger partial charge on any atom is 0.200 e. The zero-order chi connectivity index (χ0) is 18.8. The van der Waals surface area contributed by atoms with Gasteiger partial charge in [0.2, 0.25) is 0 Å². The van der Waals surface area contributed by atoms with E-state index in [0.29, 0.717) is 12.0 Å². The Bertz CT molecular complexity index is 595. The van der Waals surface area contributed by atoms with Gasteiger partial charge in [0, 0.05) is 6.42 Å². The third kappa shape index (κ3) is 4.06. The van der Waals surface area contributed by atoms with Gasteiger partial charge in [-0.05, 0) is 85.8 Å². The Morgan fingerprint density at radius 2 is 1.78 bits per heavy atom. The highest BCUT2D eigenvalue weighted by Crippen LogP contribution is 2.59. The fourth-order valence-electron chi connectivity index (χ4n) is 6.14. The van der Waals surface area contributed by atoms with Crippen LogP contribution in [-0.2, 0) is 4.74 Å². The second-order valence-electron chi connectivity index (χ2n) is 9.40. The van der Waals surface area contributed by atoms with Gasteiger partial charge in [0.15, 0.2) is 6.29 Å². The molecule has 2 nitrogen and oxygen atoms in total. The molecule has 150 valence electrons. The van der Waals surface area contributed by atoms with Crippen molar-refractivity contribution in [2.45, 2.75) is 96.9 Å². The van der Waals surface area contributed by atoms with Gasteiger partial charge in [-0.1, -0.05) is 45.7 Å². The summed E-state index contributed by atoms with van der Waals surface area (Å²) >= 11 is 0. The van der Waals surface area contributed by atoms with Gasteiger partial charge in [-0.2, -0.15) is 0 Å². The third-order valence-corrected chi connectivity index (χ3v) is 7.82. The van der Waals surface area contributed by atoms with Crippen LogP contribution in [0.4, 0.5) is 0 Å². The maximum absolute atomic E-state index is 6.64. The lowest BCUT2D eigenvalue weighted by Crippen LogP contribution is -2.35. The quantitative estimate of drug-likeness (QED) is 0.438. The van der Waals surface area contributed by atoms with E-state index in [0.717, 1.165) is 35.8 Å². The molecule has 2 bridgehead atoms. The first-order valence-corrected chi connectivity index (χ1v) is 11.6. The van der Waals surface area contributed by atoms with Gasteiger partial charge in [0.05, 0.1) is 6.10 Å². The van der Waals surface area contributed by atoms with Crippen molar-refractivity contribution >= 4 is 0 Å². The van der Waals surface area contributed by atoms with Crippen LogP contribution in [-0.4, -0.2) is 12.4 Å². The molecule has 4 rings (SSSR count). The minimum Gasteiger partial charge on any atom is -0.465 e. The van der Waals surface area contributed by atoms with Crippen molar-refractivity contribution in [2.24, 2.45) is 23.7 Å². The Morgan fingerprint density at radius 3 is 2.52 bits per heavy atom. The second-order valence-corrected chi connectivity index (χ2v) is 9.40. The van der Waals surface area contributed by atoms with Gasteiger partial charge in [0.25, 0.3) is 0 Å². The Kier molecular flexibility index (Phi) is 6.12. The minimum absolute atomic E-state index is 0.0800. The van der Waals surface area contributed by atoms with E-state index in [1.54, 1.807) is 0 Å².